The van der Waals surface area contributed by atoms with E-state index in [4.69, 9.17) is 0 Å². The fourth-order valence-corrected chi connectivity index (χ4v) is 3.16. The van der Waals surface area contributed by atoms with Gasteiger partial charge in [-0.2, -0.15) is 5.10 Å². The molecule has 2 fully saturated rings. The molecule has 3 heterocycles. The molecule has 0 spiro atoms. The number of H-pyrrole nitrogens is 1. The number of nitrogens with one attached hydrogen (secondary N) is 2. The Balaban J connectivity index is 0.000000487. The minimum atomic E-state index is -0.0541. The van der Waals surface area contributed by atoms with Crippen molar-refractivity contribution in [3.05, 3.63) is 22.4 Å². The van der Waals surface area contributed by atoms with Gasteiger partial charge < -0.3 is 10.3 Å². The standard InChI is InChI=1S/C14H19N5O.2C2H6/c20-14-11-8-16-19(10-4-5-15-7-10)13(11)17-12(18-14)6-9-2-1-3-9;2*1-2/h8-10,15H,1-7H2,(H,17,18,20);2*1-2H3. The highest BCUT2D eigenvalue weighted by molar-refractivity contribution is 5.73. The molecule has 6 heteroatoms. The third-order valence-corrected chi connectivity index (χ3v) is 4.60. The predicted octanol–water partition coefficient (Wildman–Crippen LogP) is 3.05. The molecule has 4 rings (SSSR count). The number of hydrogen-bond donors (Lipinski definition) is 2. The second kappa shape index (κ2) is 8.97. The van der Waals surface area contributed by atoms with Crippen LogP contribution in [0.25, 0.3) is 11.0 Å². The van der Waals surface area contributed by atoms with Gasteiger partial charge in [0.2, 0.25) is 0 Å². The van der Waals surface area contributed by atoms with Gasteiger partial charge in [-0.1, -0.05) is 47.0 Å². The lowest BCUT2D eigenvalue weighted by molar-refractivity contribution is 0.309. The number of aromatic amines is 1. The van der Waals surface area contributed by atoms with Gasteiger partial charge in [0.25, 0.3) is 5.56 Å². The van der Waals surface area contributed by atoms with E-state index in [0.717, 1.165) is 37.4 Å². The summed E-state index contributed by atoms with van der Waals surface area (Å²) in [6, 6.07) is 0.318. The van der Waals surface area contributed by atoms with E-state index in [2.05, 4.69) is 20.4 Å². The second-order valence-corrected chi connectivity index (χ2v) is 5.99. The SMILES string of the molecule is CC.CC.O=c1[nH]c(CC2CCC2)nc2c1cnn2C1CCNC1. The summed E-state index contributed by atoms with van der Waals surface area (Å²) < 4.78 is 1.93. The zero-order valence-electron chi connectivity index (χ0n) is 15.4. The first-order valence-electron chi connectivity index (χ1n) is 9.48. The first kappa shape index (κ1) is 18.6. The monoisotopic (exact) mass is 333 g/mol. The van der Waals surface area contributed by atoms with Crippen molar-refractivity contribution in [3.8, 4) is 0 Å². The summed E-state index contributed by atoms with van der Waals surface area (Å²) in [7, 11) is 0. The van der Waals surface area contributed by atoms with Crippen molar-refractivity contribution in [2.75, 3.05) is 13.1 Å². The lowest BCUT2D eigenvalue weighted by atomic mass is 9.83. The Hall–Kier alpha value is -1.69. The van der Waals surface area contributed by atoms with E-state index < -0.39 is 0 Å². The summed E-state index contributed by atoms with van der Waals surface area (Å²) >= 11 is 0. The van der Waals surface area contributed by atoms with Crippen molar-refractivity contribution in [2.24, 2.45) is 5.92 Å². The van der Waals surface area contributed by atoms with Gasteiger partial charge in [0.15, 0.2) is 5.65 Å². The maximum Gasteiger partial charge on any atom is 0.262 e. The van der Waals surface area contributed by atoms with Crippen molar-refractivity contribution >= 4 is 11.0 Å². The van der Waals surface area contributed by atoms with Gasteiger partial charge in [-0.05, 0) is 18.9 Å². The maximum atomic E-state index is 12.2. The number of fused-ring (bicyclic) bond motifs is 1. The van der Waals surface area contributed by atoms with E-state index >= 15 is 0 Å². The summed E-state index contributed by atoms with van der Waals surface area (Å²) in [6.45, 7) is 9.91. The van der Waals surface area contributed by atoms with E-state index in [1.165, 1.54) is 19.3 Å². The van der Waals surface area contributed by atoms with Gasteiger partial charge in [0, 0.05) is 13.0 Å². The molecule has 134 valence electrons. The predicted molar refractivity (Wildman–Crippen MR) is 98.4 cm³/mol. The summed E-state index contributed by atoms with van der Waals surface area (Å²) in [5, 5.41) is 8.32. The van der Waals surface area contributed by atoms with Crippen molar-refractivity contribution in [1.29, 1.82) is 0 Å². The molecule has 1 atom stereocenters. The number of hydrogen-bond acceptors (Lipinski definition) is 4. The normalized spacial score (nSPS) is 19.9. The van der Waals surface area contributed by atoms with Gasteiger partial charge in [-0.25, -0.2) is 9.67 Å². The number of nitrogens with zero attached hydrogens (tertiary/aromatic N) is 3. The average Bonchev–Trinajstić information content (AvgIpc) is 3.24. The number of aromatic nitrogens is 4. The zero-order valence-corrected chi connectivity index (χ0v) is 15.4. The minimum absolute atomic E-state index is 0.0541. The van der Waals surface area contributed by atoms with Crippen LogP contribution >= 0.6 is 0 Å². The molecule has 2 aromatic rings. The van der Waals surface area contributed by atoms with Crippen LogP contribution in [0.4, 0.5) is 0 Å². The molecule has 0 radical (unpaired) electrons. The molecule has 1 aliphatic carbocycles. The smallest absolute Gasteiger partial charge is 0.262 e. The summed E-state index contributed by atoms with van der Waals surface area (Å²) in [4.78, 5) is 19.7. The lowest BCUT2D eigenvalue weighted by Crippen LogP contribution is -2.20. The highest BCUT2D eigenvalue weighted by Gasteiger charge is 2.23. The Labute approximate surface area is 144 Å². The maximum absolute atomic E-state index is 12.2. The largest absolute Gasteiger partial charge is 0.315 e. The van der Waals surface area contributed by atoms with E-state index in [1.54, 1.807) is 6.20 Å². The number of rotatable bonds is 3. The van der Waals surface area contributed by atoms with Crippen LogP contribution in [0, 0.1) is 5.92 Å². The molecular formula is C18H31N5O. The Bertz CT molecular complexity index is 680. The van der Waals surface area contributed by atoms with Crippen molar-refractivity contribution in [3.63, 3.8) is 0 Å². The second-order valence-electron chi connectivity index (χ2n) is 5.99. The molecular weight excluding hydrogens is 302 g/mol. The summed E-state index contributed by atoms with van der Waals surface area (Å²) in [5.74, 6) is 1.51. The molecule has 24 heavy (non-hydrogen) atoms. The molecule has 1 unspecified atom stereocenters. The molecule has 1 saturated heterocycles. The van der Waals surface area contributed by atoms with Gasteiger partial charge in [-0.15, -0.1) is 0 Å². The molecule has 0 amide bonds. The molecule has 0 bridgehead atoms. The first-order chi connectivity index (χ1) is 11.8. The van der Waals surface area contributed by atoms with Crippen LogP contribution in [0.5, 0.6) is 0 Å². The van der Waals surface area contributed by atoms with Gasteiger partial charge in [0.05, 0.1) is 12.2 Å². The Morgan fingerprint density at radius 2 is 1.96 bits per heavy atom. The van der Waals surface area contributed by atoms with Gasteiger partial charge in [0.1, 0.15) is 11.2 Å². The molecule has 0 aromatic carbocycles. The van der Waals surface area contributed by atoms with E-state index in [1.807, 2.05) is 32.4 Å². The van der Waals surface area contributed by atoms with Crippen LogP contribution in [0.3, 0.4) is 0 Å². The van der Waals surface area contributed by atoms with Crippen molar-refractivity contribution < 1.29 is 0 Å². The fourth-order valence-electron chi connectivity index (χ4n) is 3.16. The molecule has 1 saturated carbocycles. The van der Waals surface area contributed by atoms with E-state index in [0.29, 0.717) is 17.3 Å². The third kappa shape index (κ3) is 3.86. The van der Waals surface area contributed by atoms with Gasteiger partial charge >= 0.3 is 0 Å². The van der Waals surface area contributed by atoms with Crippen LogP contribution in [0.1, 0.15) is 65.2 Å². The Morgan fingerprint density at radius 1 is 1.21 bits per heavy atom. The molecule has 1 aliphatic heterocycles. The van der Waals surface area contributed by atoms with Crippen molar-refractivity contribution in [2.45, 2.75) is 65.8 Å². The molecule has 6 nitrogen and oxygen atoms in total. The van der Waals surface area contributed by atoms with Crippen LogP contribution in [-0.2, 0) is 6.42 Å². The van der Waals surface area contributed by atoms with Gasteiger partial charge in [-0.3, -0.25) is 4.79 Å². The topological polar surface area (TPSA) is 75.6 Å². The van der Waals surface area contributed by atoms with Crippen LogP contribution in [0.2, 0.25) is 0 Å². The van der Waals surface area contributed by atoms with Crippen LogP contribution in [0.15, 0.2) is 11.0 Å². The fraction of sp³-hybridized carbons (Fsp3) is 0.722. The highest BCUT2D eigenvalue weighted by atomic mass is 16.1. The third-order valence-electron chi connectivity index (χ3n) is 4.60. The lowest BCUT2D eigenvalue weighted by Gasteiger charge is -2.24. The first-order valence-corrected chi connectivity index (χ1v) is 9.48. The molecule has 2 aromatic heterocycles. The van der Waals surface area contributed by atoms with E-state index in [9.17, 15) is 4.79 Å². The highest BCUT2D eigenvalue weighted by Crippen LogP contribution is 2.29. The average molecular weight is 333 g/mol. The molecule has 2 aliphatic rings. The quantitative estimate of drug-likeness (QED) is 0.905. The molecule has 2 N–H and O–H groups in total. The van der Waals surface area contributed by atoms with Crippen LogP contribution in [-0.4, -0.2) is 32.8 Å². The minimum Gasteiger partial charge on any atom is -0.315 e. The van der Waals surface area contributed by atoms with E-state index in [-0.39, 0.29) is 5.56 Å². The summed E-state index contributed by atoms with van der Waals surface area (Å²) in [6.07, 6.45) is 7.40. The Kier molecular flexibility index (Phi) is 6.97. The zero-order chi connectivity index (χ0) is 17.5. The Morgan fingerprint density at radius 3 is 2.54 bits per heavy atom. The van der Waals surface area contributed by atoms with Crippen molar-refractivity contribution in [1.82, 2.24) is 25.1 Å². The summed E-state index contributed by atoms with van der Waals surface area (Å²) in [5.41, 5.74) is 0.693. The van der Waals surface area contributed by atoms with Crippen LogP contribution < -0.4 is 10.9 Å².